The van der Waals surface area contributed by atoms with Crippen LogP contribution in [0.4, 0.5) is 5.69 Å². The van der Waals surface area contributed by atoms with Crippen LogP contribution in [0.2, 0.25) is 0 Å². The topological polar surface area (TPSA) is 116 Å². The third kappa shape index (κ3) is 6.37. The first kappa shape index (κ1) is 17.1. The van der Waals surface area contributed by atoms with Gasteiger partial charge in [0.25, 0.3) is 0 Å². The third-order valence-corrected chi connectivity index (χ3v) is 4.17. The zero-order valence-corrected chi connectivity index (χ0v) is 12.5. The maximum absolute atomic E-state index is 11.7. The normalized spacial score (nSPS) is 11.0. The van der Waals surface area contributed by atoms with Crippen molar-refractivity contribution in [1.29, 1.82) is 0 Å². The standard InChI is InChI=1S/C13H18N2O5S/c1-20-13(17)5-6-21(18,19)9-12(16)15-11-4-2-3-10(7-11)8-14/h2-4,7H,5-6,8-9,14H2,1H3,(H,15,16). The largest absolute Gasteiger partial charge is 0.469 e. The first-order valence-electron chi connectivity index (χ1n) is 6.22. The lowest BCUT2D eigenvalue weighted by atomic mass is 10.2. The van der Waals surface area contributed by atoms with Gasteiger partial charge in [-0.15, -0.1) is 0 Å². The number of ether oxygens (including phenoxy) is 1. The molecule has 1 aromatic rings. The number of carbonyl (C=O) groups excluding carboxylic acids is 2. The highest BCUT2D eigenvalue weighted by atomic mass is 32.2. The van der Waals surface area contributed by atoms with Crippen molar-refractivity contribution in [3.05, 3.63) is 29.8 Å². The van der Waals surface area contributed by atoms with Crippen molar-refractivity contribution < 1.29 is 22.7 Å². The summed E-state index contributed by atoms with van der Waals surface area (Å²) in [4.78, 5) is 22.6. The molecule has 8 heteroatoms. The van der Waals surface area contributed by atoms with E-state index in [4.69, 9.17) is 5.73 Å². The number of methoxy groups -OCH3 is 1. The van der Waals surface area contributed by atoms with E-state index >= 15 is 0 Å². The highest BCUT2D eigenvalue weighted by Gasteiger charge is 2.18. The first-order valence-corrected chi connectivity index (χ1v) is 8.04. The van der Waals surface area contributed by atoms with E-state index < -0.39 is 33.2 Å². The summed E-state index contributed by atoms with van der Waals surface area (Å²) in [5, 5.41) is 2.48. The van der Waals surface area contributed by atoms with Gasteiger partial charge in [-0.1, -0.05) is 12.1 Å². The molecule has 1 aromatic carbocycles. The number of sulfone groups is 1. The molecular weight excluding hydrogens is 296 g/mol. The Morgan fingerprint density at radius 3 is 2.67 bits per heavy atom. The number of nitrogens with two attached hydrogens (primary N) is 1. The summed E-state index contributed by atoms with van der Waals surface area (Å²) in [5.74, 6) is -2.39. The lowest BCUT2D eigenvalue weighted by Crippen LogP contribution is -2.25. The molecule has 116 valence electrons. The molecule has 0 saturated heterocycles. The van der Waals surface area contributed by atoms with Crippen molar-refractivity contribution in [2.45, 2.75) is 13.0 Å². The number of hydrogen-bond donors (Lipinski definition) is 2. The van der Waals surface area contributed by atoms with Crippen molar-refractivity contribution in [3.63, 3.8) is 0 Å². The summed E-state index contributed by atoms with van der Waals surface area (Å²) in [7, 11) is -2.49. The smallest absolute Gasteiger partial charge is 0.306 e. The molecule has 3 N–H and O–H groups in total. The summed E-state index contributed by atoms with van der Waals surface area (Å²) < 4.78 is 27.7. The fourth-order valence-electron chi connectivity index (χ4n) is 1.59. The fraction of sp³-hybridized carbons (Fsp3) is 0.385. The van der Waals surface area contributed by atoms with Crippen LogP contribution in [0.1, 0.15) is 12.0 Å². The second-order valence-electron chi connectivity index (χ2n) is 4.37. The van der Waals surface area contributed by atoms with Crippen LogP contribution in [0.25, 0.3) is 0 Å². The van der Waals surface area contributed by atoms with Crippen molar-refractivity contribution >= 4 is 27.4 Å². The molecule has 0 aliphatic rings. The van der Waals surface area contributed by atoms with Crippen LogP contribution in [0.15, 0.2) is 24.3 Å². The highest BCUT2D eigenvalue weighted by Crippen LogP contribution is 2.10. The van der Waals surface area contributed by atoms with Crippen molar-refractivity contribution in [2.24, 2.45) is 5.73 Å². The molecule has 0 aliphatic heterocycles. The molecule has 7 nitrogen and oxygen atoms in total. The van der Waals surface area contributed by atoms with Gasteiger partial charge in [0.1, 0.15) is 5.75 Å². The zero-order chi connectivity index (χ0) is 15.9. The van der Waals surface area contributed by atoms with Gasteiger partial charge in [0.2, 0.25) is 5.91 Å². The van der Waals surface area contributed by atoms with Crippen LogP contribution >= 0.6 is 0 Å². The van der Waals surface area contributed by atoms with E-state index in [1.54, 1.807) is 24.3 Å². The number of carbonyl (C=O) groups is 2. The average molecular weight is 314 g/mol. The van der Waals surface area contributed by atoms with Gasteiger partial charge in [0.05, 0.1) is 19.3 Å². The molecule has 0 saturated carbocycles. The number of hydrogen-bond acceptors (Lipinski definition) is 6. The summed E-state index contributed by atoms with van der Waals surface area (Å²) >= 11 is 0. The van der Waals surface area contributed by atoms with E-state index in [0.29, 0.717) is 12.2 Å². The van der Waals surface area contributed by atoms with Crippen LogP contribution in [-0.4, -0.2) is 38.9 Å². The van der Waals surface area contributed by atoms with Crippen molar-refractivity contribution in [1.82, 2.24) is 0 Å². The minimum absolute atomic E-state index is 0.269. The molecule has 0 bridgehead atoms. The zero-order valence-electron chi connectivity index (χ0n) is 11.7. The molecule has 0 unspecified atom stereocenters. The number of rotatable bonds is 7. The molecule has 0 aliphatic carbocycles. The van der Waals surface area contributed by atoms with Gasteiger partial charge < -0.3 is 15.8 Å². The van der Waals surface area contributed by atoms with E-state index in [0.717, 1.165) is 5.56 Å². The van der Waals surface area contributed by atoms with Crippen molar-refractivity contribution in [2.75, 3.05) is 23.9 Å². The number of amides is 1. The lowest BCUT2D eigenvalue weighted by Gasteiger charge is -2.07. The molecular formula is C13H18N2O5S. The minimum atomic E-state index is -3.66. The monoisotopic (exact) mass is 314 g/mol. The first-order chi connectivity index (χ1) is 9.86. The Labute approximate surface area is 123 Å². The van der Waals surface area contributed by atoms with Crippen LogP contribution in [0, 0.1) is 0 Å². The van der Waals surface area contributed by atoms with E-state index in [1.165, 1.54) is 7.11 Å². The van der Waals surface area contributed by atoms with Crippen LogP contribution in [0.3, 0.4) is 0 Å². The molecule has 1 amide bonds. The number of nitrogens with one attached hydrogen (secondary N) is 1. The Hall–Kier alpha value is -1.93. The van der Waals surface area contributed by atoms with Crippen molar-refractivity contribution in [3.8, 4) is 0 Å². The van der Waals surface area contributed by atoms with Crippen LogP contribution in [0.5, 0.6) is 0 Å². The number of esters is 1. The van der Waals surface area contributed by atoms with Gasteiger partial charge in [-0.05, 0) is 17.7 Å². The molecule has 0 fully saturated rings. The van der Waals surface area contributed by atoms with Gasteiger partial charge >= 0.3 is 5.97 Å². The van der Waals surface area contributed by atoms with E-state index in [2.05, 4.69) is 10.1 Å². The summed E-state index contributed by atoms with van der Waals surface area (Å²) in [6.07, 6.45) is -0.269. The van der Waals surface area contributed by atoms with Crippen LogP contribution in [-0.2, 0) is 30.7 Å². The Kier molecular flexibility index (Phi) is 6.32. The highest BCUT2D eigenvalue weighted by molar-refractivity contribution is 7.92. The SMILES string of the molecule is COC(=O)CCS(=O)(=O)CC(=O)Nc1cccc(CN)c1. The predicted molar refractivity (Wildman–Crippen MR) is 78.2 cm³/mol. The summed E-state index contributed by atoms with van der Waals surface area (Å²) in [6.45, 7) is 0.321. The Bertz CT molecular complexity index is 613. The van der Waals surface area contributed by atoms with Crippen LogP contribution < -0.4 is 11.1 Å². The van der Waals surface area contributed by atoms with Gasteiger partial charge in [-0.3, -0.25) is 9.59 Å². The Morgan fingerprint density at radius 2 is 2.05 bits per heavy atom. The molecule has 0 atom stereocenters. The minimum Gasteiger partial charge on any atom is -0.469 e. The summed E-state index contributed by atoms with van der Waals surface area (Å²) in [5.41, 5.74) is 6.78. The van der Waals surface area contributed by atoms with E-state index in [1.807, 2.05) is 0 Å². The van der Waals surface area contributed by atoms with E-state index in [9.17, 15) is 18.0 Å². The Morgan fingerprint density at radius 1 is 1.33 bits per heavy atom. The second kappa shape index (κ2) is 7.75. The molecule has 0 radical (unpaired) electrons. The van der Waals surface area contributed by atoms with E-state index in [-0.39, 0.29) is 6.42 Å². The van der Waals surface area contributed by atoms with Gasteiger partial charge in [-0.2, -0.15) is 0 Å². The lowest BCUT2D eigenvalue weighted by molar-refractivity contribution is -0.140. The average Bonchev–Trinajstić information content (AvgIpc) is 2.44. The molecule has 21 heavy (non-hydrogen) atoms. The molecule has 0 heterocycles. The predicted octanol–water partition coefficient (Wildman–Crippen LogP) is 0.0617. The Balaban J connectivity index is 2.57. The number of benzene rings is 1. The van der Waals surface area contributed by atoms with Gasteiger partial charge in [-0.25, -0.2) is 8.42 Å². The second-order valence-corrected chi connectivity index (χ2v) is 6.55. The van der Waals surface area contributed by atoms with Gasteiger partial charge in [0.15, 0.2) is 9.84 Å². The molecule has 1 rings (SSSR count). The number of anilines is 1. The maximum Gasteiger partial charge on any atom is 0.306 e. The molecule has 0 aromatic heterocycles. The maximum atomic E-state index is 11.7. The quantitative estimate of drug-likeness (QED) is 0.688. The molecule has 0 spiro atoms. The third-order valence-electron chi connectivity index (χ3n) is 2.64. The summed E-state index contributed by atoms with van der Waals surface area (Å²) in [6, 6.07) is 6.81. The van der Waals surface area contributed by atoms with Gasteiger partial charge in [0, 0.05) is 12.2 Å². The fourth-order valence-corrected chi connectivity index (χ4v) is 2.68.